The molecule has 62 valence electrons. The van der Waals surface area contributed by atoms with Crippen LogP contribution in [0, 0.1) is 0 Å². The van der Waals surface area contributed by atoms with E-state index >= 15 is 0 Å². The first-order chi connectivity index (χ1) is 4.72. The highest BCUT2D eigenvalue weighted by atomic mass is 16.5. The molecule has 10 heavy (non-hydrogen) atoms. The molecule has 0 radical (unpaired) electrons. The van der Waals surface area contributed by atoms with Crippen LogP contribution in [0.1, 0.15) is 27.2 Å². The number of methoxy groups -OCH3 is 1. The molecule has 1 N–H and O–H groups in total. The van der Waals surface area contributed by atoms with Crippen LogP contribution in [0.5, 0.6) is 0 Å². The van der Waals surface area contributed by atoms with E-state index in [0.717, 1.165) is 6.54 Å². The largest absolute Gasteiger partial charge is 0.380 e. The van der Waals surface area contributed by atoms with Crippen molar-refractivity contribution in [2.75, 3.05) is 13.7 Å². The summed E-state index contributed by atoms with van der Waals surface area (Å²) >= 11 is 0. The standard InChI is InChI=1S/C8H19NO/c1-5-6-9-7(2)8(3)10-4/h7-9H,5-6H2,1-4H3/t7-,8-/m1/s1. The summed E-state index contributed by atoms with van der Waals surface area (Å²) in [6.07, 6.45) is 1.49. The normalized spacial score (nSPS) is 16.8. The smallest absolute Gasteiger partial charge is 0.0693 e. The van der Waals surface area contributed by atoms with E-state index in [9.17, 15) is 0 Å². The van der Waals surface area contributed by atoms with Crippen LogP contribution < -0.4 is 5.32 Å². The number of nitrogens with one attached hydrogen (secondary N) is 1. The van der Waals surface area contributed by atoms with Crippen molar-refractivity contribution in [1.82, 2.24) is 5.32 Å². The lowest BCUT2D eigenvalue weighted by Gasteiger charge is -2.19. The van der Waals surface area contributed by atoms with Gasteiger partial charge in [-0.05, 0) is 26.8 Å². The van der Waals surface area contributed by atoms with E-state index in [0.29, 0.717) is 12.1 Å². The van der Waals surface area contributed by atoms with Crippen LogP contribution in [0.4, 0.5) is 0 Å². The molecule has 0 saturated carbocycles. The van der Waals surface area contributed by atoms with Gasteiger partial charge in [-0.15, -0.1) is 0 Å². The van der Waals surface area contributed by atoms with Gasteiger partial charge in [0.05, 0.1) is 6.10 Å². The molecular formula is C8H19NO. The van der Waals surface area contributed by atoms with Crippen molar-refractivity contribution < 1.29 is 4.74 Å². The van der Waals surface area contributed by atoms with Crippen LogP contribution in [0.2, 0.25) is 0 Å². The molecule has 0 aromatic carbocycles. The summed E-state index contributed by atoms with van der Waals surface area (Å²) in [5.74, 6) is 0. The Morgan fingerprint density at radius 2 is 2.00 bits per heavy atom. The van der Waals surface area contributed by atoms with Crippen LogP contribution >= 0.6 is 0 Å². The molecule has 0 aliphatic rings. The summed E-state index contributed by atoms with van der Waals surface area (Å²) in [5, 5.41) is 3.36. The molecule has 2 heteroatoms. The summed E-state index contributed by atoms with van der Waals surface area (Å²) < 4.78 is 5.15. The van der Waals surface area contributed by atoms with Crippen LogP contribution in [0.15, 0.2) is 0 Å². The van der Waals surface area contributed by atoms with Gasteiger partial charge in [0.2, 0.25) is 0 Å². The van der Waals surface area contributed by atoms with Gasteiger partial charge in [-0.1, -0.05) is 6.92 Å². The first kappa shape index (κ1) is 9.92. The first-order valence-corrected chi connectivity index (χ1v) is 3.98. The number of rotatable bonds is 5. The fourth-order valence-corrected chi connectivity index (χ4v) is 0.742. The zero-order valence-corrected chi connectivity index (χ0v) is 7.48. The van der Waals surface area contributed by atoms with Gasteiger partial charge in [-0.25, -0.2) is 0 Å². The molecule has 0 unspecified atom stereocenters. The average Bonchev–Trinajstić information content (AvgIpc) is 1.98. The Morgan fingerprint density at radius 1 is 1.40 bits per heavy atom. The third-order valence-corrected chi connectivity index (χ3v) is 1.79. The quantitative estimate of drug-likeness (QED) is 0.631. The minimum absolute atomic E-state index is 0.312. The number of ether oxygens (including phenoxy) is 1. The second-order valence-corrected chi connectivity index (χ2v) is 2.68. The molecular weight excluding hydrogens is 126 g/mol. The fraction of sp³-hybridized carbons (Fsp3) is 1.00. The maximum atomic E-state index is 5.15. The summed E-state index contributed by atoms with van der Waals surface area (Å²) in [5.41, 5.74) is 0. The van der Waals surface area contributed by atoms with Crippen LogP contribution in [-0.2, 0) is 4.74 Å². The van der Waals surface area contributed by atoms with E-state index in [-0.39, 0.29) is 0 Å². The van der Waals surface area contributed by atoms with E-state index in [1.54, 1.807) is 7.11 Å². The predicted octanol–water partition coefficient (Wildman–Crippen LogP) is 1.41. The molecule has 2 atom stereocenters. The van der Waals surface area contributed by atoms with Crippen molar-refractivity contribution in [3.05, 3.63) is 0 Å². The highest BCUT2D eigenvalue weighted by Crippen LogP contribution is 1.95. The summed E-state index contributed by atoms with van der Waals surface area (Å²) in [7, 11) is 1.74. The minimum Gasteiger partial charge on any atom is -0.380 e. The zero-order valence-electron chi connectivity index (χ0n) is 7.48. The molecule has 2 nitrogen and oxygen atoms in total. The molecule has 0 aromatic rings. The van der Waals surface area contributed by atoms with Gasteiger partial charge >= 0.3 is 0 Å². The lowest BCUT2D eigenvalue weighted by atomic mass is 10.2. The van der Waals surface area contributed by atoms with Gasteiger partial charge in [-0.2, -0.15) is 0 Å². The second-order valence-electron chi connectivity index (χ2n) is 2.68. The Morgan fingerprint density at radius 3 is 2.40 bits per heavy atom. The average molecular weight is 145 g/mol. The maximum absolute atomic E-state index is 5.15. The predicted molar refractivity (Wildman–Crippen MR) is 44.2 cm³/mol. The molecule has 0 spiro atoms. The topological polar surface area (TPSA) is 21.3 Å². The SMILES string of the molecule is CCCN[C@H](C)[C@@H](C)OC. The first-order valence-electron chi connectivity index (χ1n) is 3.98. The summed E-state index contributed by atoms with van der Waals surface area (Å²) in [6.45, 7) is 7.46. The fourth-order valence-electron chi connectivity index (χ4n) is 0.742. The molecule has 0 aromatic heterocycles. The van der Waals surface area contributed by atoms with Gasteiger partial charge in [-0.3, -0.25) is 0 Å². The summed E-state index contributed by atoms with van der Waals surface area (Å²) in [6, 6.07) is 0.463. The van der Waals surface area contributed by atoms with Gasteiger partial charge in [0.15, 0.2) is 0 Å². The molecule has 0 amide bonds. The molecule has 0 aliphatic carbocycles. The molecule has 0 aliphatic heterocycles. The van der Waals surface area contributed by atoms with E-state index in [1.807, 2.05) is 0 Å². The lowest BCUT2D eigenvalue weighted by Crippen LogP contribution is -2.36. The summed E-state index contributed by atoms with van der Waals surface area (Å²) in [4.78, 5) is 0. The lowest BCUT2D eigenvalue weighted by molar-refractivity contribution is 0.0889. The third-order valence-electron chi connectivity index (χ3n) is 1.79. The van der Waals surface area contributed by atoms with Crippen molar-refractivity contribution >= 4 is 0 Å². The van der Waals surface area contributed by atoms with Crippen molar-refractivity contribution in [2.45, 2.75) is 39.3 Å². The zero-order chi connectivity index (χ0) is 7.98. The van der Waals surface area contributed by atoms with E-state index in [2.05, 4.69) is 26.1 Å². The minimum atomic E-state index is 0.312. The monoisotopic (exact) mass is 145 g/mol. The van der Waals surface area contributed by atoms with Crippen molar-refractivity contribution in [1.29, 1.82) is 0 Å². The Balaban J connectivity index is 3.31. The Hall–Kier alpha value is -0.0800. The number of hydrogen-bond acceptors (Lipinski definition) is 2. The van der Waals surface area contributed by atoms with Gasteiger partial charge in [0.1, 0.15) is 0 Å². The van der Waals surface area contributed by atoms with Gasteiger partial charge in [0.25, 0.3) is 0 Å². The Kier molecular flexibility index (Phi) is 5.64. The van der Waals surface area contributed by atoms with Crippen LogP contribution in [0.3, 0.4) is 0 Å². The van der Waals surface area contributed by atoms with E-state index in [4.69, 9.17) is 4.74 Å². The van der Waals surface area contributed by atoms with Crippen molar-refractivity contribution in [3.63, 3.8) is 0 Å². The number of hydrogen-bond donors (Lipinski definition) is 1. The van der Waals surface area contributed by atoms with Crippen molar-refractivity contribution in [2.24, 2.45) is 0 Å². The van der Waals surface area contributed by atoms with Gasteiger partial charge in [0, 0.05) is 13.2 Å². The van der Waals surface area contributed by atoms with Crippen molar-refractivity contribution in [3.8, 4) is 0 Å². The molecule has 0 saturated heterocycles. The Labute approximate surface area is 64.0 Å². The Bertz CT molecular complexity index is 75.7. The molecule has 0 bridgehead atoms. The van der Waals surface area contributed by atoms with E-state index < -0.39 is 0 Å². The maximum Gasteiger partial charge on any atom is 0.0693 e. The van der Waals surface area contributed by atoms with Crippen LogP contribution in [0.25, 0.3) is 0 Å². The van der Waals surface area contributed by atoms with Crippen LogP contribution in [-0.4, -0.2) is 25.8 Å². The highest BCUT2D eigenvalue weighted by molar-refractivity contribution is 4.66. The highest BCUT2D eigenvalue weighted by Gasteiger charge is 2.08. The third kappa shape index (κ3) is 3.85. The molecule has 0 rings (SSSR count). The molecule has 0 fully saturated rings. The van der Waals surface area contributed by atoms with Gasteiger partial charge < -0.3 is 10.1 Å². The van der Waals surface area contributed by atoms with E-state index in [1.165, 1.54) is 6.42 Å². The second kappa shape index (κ2) is 5.69. The molecule has 0 heterocycles.